The van der Waals surface area contributed by atoms with E-state index in [0.29, 0.717) is 0 Å². The smallest absolute Gasteiger partial charge is 0.300 e. The molecule has 74 valence electrons. The normalized spacial score (nSPS) is 9.15. The van der Waals surface area contributed by atoms with E-state index >= 15 is 0 Å². The molecular weight excluding hydrogens is 212 g/mol. The minimum atomic E-state index is -0.404. The van der Waals surface area contributed by atoms with Gasteiger partial charge in [0.1, 0.15) is 5.76 Å². The quantitative estimate of drug-likeness (QED) is 0.343. The first-order valence-corrected chi connectivity index (χ1v) is 4.57. The number of thioether (sulfide) groups is 1. The van der Waals surface area contributed by atoms with Gasteiger partial charge in [-0.2, -0.15) is 0 Å². The van der Waals surface area contributed by atoms with Crippen molar-refractivity contribution in [1.82, 2.24) is 5.43 Å². The molecule has 0 fully saturated rings. The maximum atomic E-state index is 11.0. The molecule has 1 aromatic heterocycles. The van der Waals surface area contributed by atoms with Gasteiger partial charge in [-0.3, -0.25) is 10.2 Å². The summed E-state index contributed by atoms with van der Waals surface area (Å²) in [4.78, 5) is 11.9. The van der Waals surface area contributed by atoms with E-state index in [9.17, 15) is 4.79 Å². The third kappa shape index (κ3) is 2.65. The third-order valence-corrected chi connectivity index (χ3v) is 2.29. The van der Waals surface area contributed by atoms with E-state index in [1.54, 1.807) is 13.0 Å². The lowest BCUT2D eigenvalue weighted by Gasteiger charge is -1.91. The number of amides is 1. The van der Waals surface area contributed by atoms with Crippen LogP contribution in [0.3, 0.4) is 0 Å². The van der Waals surface area contributed by atoms with Crippen molar-refractivity contribution in [3.63, 3.8) is 0 Å². The molecule has 0 aromatic carbocycles. The fourth-order valence-corrected chi connectivity index (χ4v) is 1.41. The second-order valence-electron chi connectivity index (χ2n) is 2.21. The van der Waals surface area contributed by atoms with E-state index < -0.39 is 5.91 Å². The fourth-order valence-electron chi connectivity index (χ4n) is 0.851. The molecular formula is C7H11ClN2O2S. The van der Waals surface area contributed by atoms with Gasteiger partial charge in [-0.05, 0) is 13.2 Å². The first-order chi connectivity index (χ1) is 5.69. The van der Waals surface area contributed by atoms with Crippen LogP contribution >= 0.6 is 24.2 Å². The number of hydrazine groups is 1. The lowest BCUT2D eigenvalue weighted by molar-refractivity contribution is 0.0924. The number of aryl methyl sites for hydroxylation is 1. The summed E-state index contributed by atoms with van der Waals surface area (Å²) in [6.45, 7) is 1.80. The zero-order valence-corrected chi connectivity index (χ0v) is 8.92. The summed E-state index contributed by atoms with van der Waals surface area (Å²) in [6, 6.07) is 1.67. The SMILES string of the molecule is CSc1cc(C(=O)NN)oc1C.Cl. The first-order valence-electron chi connectivity index (χ1n) is 3.34. The van der Waals surface area contributed by atoms with E-state index in [1.807, 2.05) is 11.7 Å². The number of nitrogens with one attached hydrogen (secondary N) is 1. The van der Waals surface area contributed by atoms with Gasteiger partial charge < -0.3 is 4.42 Å². The van der Waals surface area contributed by atoms with Crippen LogP contribution in [0.15, 0.2) is 15.4 Å². The highest BCUT2D eigenvalue weighted by atomic mass is 35.5. The molecule has 13 heavy (non-hydrogen) atoms. The zero-order chi connectivity index (χ0) is 9.14. The Labute approximate surface area is 86.6 Å². The summed E-state index contributed by atoms with van der Waals surface area (Å²) in [5, 5.41) is 0. The molecule has 0 unspecified atom stereocenters. The molecule has 6 heteroatoms. The van der Waals surface area contributed by atoms with Crippen LogP contribution in [0.2, 0.25) is 0 Å². The van der Waals surface area contributed by atoms with Crippen molar-refractivity contribution < 1.29 is 9.21 Å². The number of nitrogens with two attached hydrogens (primary N) is 1. The number of hydrogen-bond donors (Lipinski definition) is 2. The van der Waals surface area contributed by atoms with Gasteiger partial charge >= 0.3 is 5.91 Å². The van der Waals surface area contributed by atoms with Crippen molar-refractivity contribution >= 4 is 30.1 Å². The molecule has 0 aliphatic carbocycles. The largest absolute Gasteiger partial charge is 0.455 e. The molecule has 0 spiro atoms. The summed E-state index contributed by atoms with van der Waals surface area (Å²) in [7, 11) is 0. The Balaban J connectivity index is 0.00000144. The highest BCUT2D eigenvalue weighted by molar-refractivity contribution is 7.98. The predicted molar refractivity (Wildman–Crippen MR) is 54.1 cm³/mol. The maximum Gasteiger partial charge on any atom is 0.300 e. The summed E-state index contributed by atoms with van der Waals surface area (Å²) in [6.07, 6.45) is 1.92. The molecule has 1 heterocycles. The highest BCUT2D eigenvalue weighted by Gasteiger charge is 2.11. The van der Waals surface area contributed by atoms with Gasteiger partial charge in [-0.1, -0.05) is 0 Å². The topological polar surface area (TPSA) is 68.3 Å². The molecule has 4 nitrogen and oxygen atoms in total. The summed E-state index contributed by atoms with van der Waals surface area (Å²) in [5.74, 6) is 5.52. The Hall–Kier alpha value is -0.650. The van der Waals surface area contributed by atoms with Crippen LogP contribution in [-0.4, -0.2) is 12.2 Å². The summed E-state index contributed by atoms with van der Waals surface area (Å²) >= 11 is 1.53. The number of nitrogen functional groups attached to an aromatic ring is 1. The van der Waals surface area contributed by atoms with E-state index in [4.69, 9.17) is 10.3 Å². The number of rotatable bonds is 2. The van der Waals surface area contributed by atoms with Gasteiger partial charge in [-0.15, -0.1) is 24.2 Å². The average molecular weight is 223 g/mol. The average Bonchev–Trinajstić information content (AvgIpc) is 2.45. The van der Waals surface area contributed by atoms with Crippen LogP contribution in [0.25, 0.3) is 0 Å². The van der Waals surface area contributed by atoms with Crippen molar-refractivity contribution in [2.45, 2.75) is 11.8 Å². The molecule has 1 rings (SSSR count). The van der Waals surface area contributed by atoms with Gasteiger partial charge in [0.15, 0.2) is 5.76 Å². The number of halogens is 1. The zero-order valence-electron chi connectivity index (χ0n) is 7.29. The second kappa shape index (κ2) is 5.16. The molecule has 0 radical (unpaired) electrons. The van der Waals surface area contributed by atoms with Crippen LogP contribution in [-0.2, 0) is 0 Å². The minimum absolute atomic E-state index is 0. The molecule has 0 atom stereocenters. The van der Waals surface area contributed by atoms with Gasteiger partial charge in [0.05, 0.1) is 0 Å². The van der Waals surface area contributed by atoms with Crippen molar-refractivity contribution in [2.75, 3.05) is 6.26 Å². The monoisotopic (exact) mass is 222 g/mol. The van der Waals surface area contributed by atoms with Gasteiger partial charge in [0.2, 0.25) is 0 Å². The van der Waals surface area contributed by atoms with E-state index in [1.165, 1.54) is 11.8 Å². The highest BCUT2D eigenvalue weighted by Crippen LogP contribution is 2.23. The van der Waals surface area contributed by atoms with Crippen LogP contribution in [0.1, 0.15) is 16.3 Å². The Morgan fingerprint density at radius 3 is 2.69 bits per heavy atom. The lowest BCUT2D eigenvalue weighted by Crippen LogP contribution is -2.29. The number of hydrogen-bond acceptors (Lipinski definition) is 4. The van der Waals surface area contributed by atoms with Gasteiger partial charge in [0.25, 0.3) is 0 Å². The summed E-state index contributed by atoms with van der Waals surface area (Å²) in [5.41, 5.74) is 2.00. The van der Waals surface area contributed by atoms with Crippen LogP contribution < -0.4 is 11.3 Å². The van der Waals surface area contributed by atoms with Crippen LogP contribution in [0.5, 0.6) is 0 Å². The molecule has 0 aliphatic rings. The Bertz CT molecular complexity index is 301. The molecule has 0 saturated heterocycles. The van der Waals surface area contributed by atoms with Crippen molar-refractivity contribution in [1.29, 1.82) is 0 Å². The van der Waals surface area contributed by atoms with Crippen LogP contribution in [0.4, 0.5) is 0 Å². The number of carbonyl (C=O) groups excluding carboxylic acids is 1. The molecule has 0 saturated carbocycles. The van der Waals surface area contributed by atoms with Crippen LogP contribution in [0, 0.1) is 6.92 Å². The predicted octanol–water partition coefficient (Wildman–Crippen LogP) is 1.34. The maximum absolute atomic E-state index is 11.0. The molecule has 0 bridgehead atoms. The Morgan fingerprint density at radius 2 is 2.31 bits per heavy atom. The van der Waals surface area contributed by atoms with Crippen molar-refractivity contribution in [2.24, 2.45) is 5.84 Å². The number of furan rings is 1. The third-order valence-electron chi connectivity index (χ3n) is 1.45. The van der Waals surface area contributed by atoms with E-state index in [2.05, 4.69) is 0 Å². The Kier molecular flexibility index (Phi) is 4.90. The molecule has 3 N–H and O–H groups in total. The molecule has 1 aromatic rings. The fraction of sp³-hybridized carbons (Fsp3) is 0.286. The van der Waals surface area contributed by atoms with Crippen molar-refractivity contribution in [3.05, 3.63) is 17.6 Å². The summed E-state index contributed by atoms with van der Waals surface area (Å²) < 4.78 is 5.15. The lowest BCUT2D eigenvalue weighted by atomic mass is 10.4. The molecule has 1 amide bonds. The minimum Gasteiger partial charge on any atom is -0.455 e. The second-order valence-corrected chi connectivity index (χ2v) is 3.06. The van der Waals surface area contributed by atoms with E-state index in [-0.39, 0.29) is 18.2 Å². The standard InChI is InChI=1S/C7H10N2O2S.ClH/c1-4-6(12-2)3-5(11-4)7(10)9-8;/h3H,8H2,1-2H3,(H,9,10);1H. The first kappa shape index (κ1) is 12.3. The van der Waals surface area contributed by atoms with E-state index in [0.717, 1.165) is 10.7 Å². The van der Waals surface area contributed by atoms with Gasteiger partial charge in [-0.25, -0.2) is 5.84 Å². The number of carbonyl (C=O) groups is 1. The molecule has 0 aliphatic heterocycles. The Morgan fingerprint density at radius 1 is 1.69 bits per heavy atom. The van der Waals surface area contributed by atoms with Gasteiger partial charge in [0, 0.05) is 11.0 Å². The van der Waals surface area contributed by atoms with Crippen molar-refractivity contribution in [3.8, 4) is 0 Å².